The molecule has 0 aliphatic rings. The molecule has 0 atom stereocenters. The molecule has 4 aromatic heterocycles. The first-order chi connectivity index (χ1) is 37.1. The van der Waals surface area contributed by atoms with Crippen molar-refractivity contribution in [2.24, 2.45) is 0 Å². The summed E-state index contributed by atoms with van der Waals surface area (Å²) in [6.45, 7) is 0. The Kier molecular flexibility index (Phi) is 9.78. The lowest BCUT2D eigenvalue weighted by Crippen LogP contribution is -2.00. The van der Waals surface area contributed by atoms with Crippen LogP contribution in [0.4, 0.5) is 0 Å². The summed E-state index contributed by atoms with van der Waals surface area (Å²) >= 11 is 0. The van der Waals surface area contributed by atoms with Crippen molar-refractivity contribution < 1.29 is 8.83 Å². The van der Waals surface area contributed by atoms with Gasteiger partial charge in [-0.3, -0.25) is 0 Å². The molecule has 0 radical (unpaired) electrons. The van der Waals surface area contributed by atoms with Crippen LogP contribution in [-0.4, -0.2) is 19.5 Å². The molecule has 6 nitrogen and oxygen atoms in total. The molecule has 6 heteroatoms. The molecule has 0 saturated heterocycles. The van der Waals surface area contributed by atoms with Crippen LogP contribution in [-0.2, 0) is 0 Å². The van der Waals surface area contributed by atoms with Crippen LogP contribution in [0, 0.1) is 0 Å². The second-order valence-electron chi connectivity index (χ2n) is 19.1. The lowest BCUT2D eigenvalue weighted by atomic mass is 9.96. The third kappa shape index (κ3) is 7.22. The molecule has 75 heavy (non-hydrogen) atoms. The molecule has 0 bridgehead atoms. The Morgan fingerprint density at radius 3 is 1.45 bits per heavy atom. The zero-order valence-electron chi connectivity index (χ0n) is 40.4. The van der Waals surface area contributed by atoms with Gasteiger partial charge in [-0.05, 0) is 99.6 Å². The highest BCUT2D eigenvalue weighted by Gasteiger charge is 2.21. The van der Waals surface area contributed by atoms with E-state index in [0.29, 0.717) is 17.5 Å². The van der Waals surface area contributed by atoms with Crippen molar-refractivity contribution in [1.82, 2.24) is 19.5 Å². The average molecular weight is 959 g/mol. The summed E-state index contributed by atoms with van der Waals surface area (Å²) in [5.41, 5.74) is 18.2. The first-order valence-electron chi connectivity index (χ1n) is 25.2. The van der Waals surface area contributed by atoms with Gasteiger partial charge < -0.3 is 13.4 Å². The molecule has 0 aliphatic heterocycles. The lowest BCUT2D eigenvalue weighted by Gasteiger charge is -2.09. The molecule has 350 valence electrons. The number of furan rings is 2. The lowest BCUT2D eigenvalue weighted by molar-refractivity contribution is 0.669. The number of nitrogens with zero attached hydrogens (tertiary/aromatic N) is 4. The highest BCUT2D eigenvalue weighted by atomic mass is 16.3. The first kappa shape index (κ1) is 42.5. The van der Waals surface area contributed by atoms with Gasteiger partial charge in [0.2, 0.25) is 0 Å². The fourth-order valence-electron chi connectivity index (χ4n) is 11.0. The first-order valence-corrected chi connectivity index (χ1v) is 25.2. The monoisotopic (exact) mass is 958 g/mol. The van der Waals surface area contributed by atoms with E-state index in [1.807, 2.05) is 42.5 Å². The Bertz CT molecular complexity index is 4690. The van der Waals surface area contributed by atoms with E-state index in [1.165, 1.54) is 21.9 Å². The van der Waals surface area contributed by atoms with Gasteiger partial charge in [0, 0.05) is 54.7 Å². The van der Waals surface area contributed by atoms with Gasteiger partial charge in [0.25, 0.3) is 0 Å². The van der Waals surface area contributed by atoms with Crippen LogP contribution < -0.4 is 0 Å². The summed E-state index contributed by atoms with van der Waals surface area (Å²) in [7, 11) is 0. The highest BCUT2D eigenvalue weighted by molar-refractivity contribution is 6.14. The van der Waals surface area contributed by atoms with Crippen LogP contribution in [0.25, 0.3) is 150 Å². The Morgan fingerprint density at radius 2 is 0.707 bits per heavy atom. The predicted molar refractivity (Wildman–Crippen MR) is 307 cm³/mol. The minimum absolute atomic E-state index is 0.543. The van der Waals surface area contributed by atoms with Gasteiger partial charge >= 0.3 is 0 Å². The van der Waals surface area contributed by atoms with E-state index in [2.05, 4.69) is 217 Å². The predicted octanol–water partition coefficient (Wildman–Crippen LogP) is 18.4. The molecule has 0 spiro atoms. The standard InChI is InChI=1S/C69H42N4O2/c1-4-15-43(16-5-1)45-29-31-47(32-30-45)68-70-67(46-19-8-3-9-20-46)71-69(72-68)57-27-14-26-56-55-25-13-24-53(65(55)75-66(56)57)51-22-12-21-48(39-51)50-34-37-63-59(41-50)60-42-52(35-38-64(60)74-63)73-61-28-11-10-23-54(61)58-40-49(33-36-62(58)73)44-17-6-2-7-18-44/h1-42H. The molecular weight excluding hydrogens is 917 g/mol. The van der Waals surface area contributed by atoms with Crippen molar-refractivity contribution in [2.45, 2.75) is 0 Å². The van der Waals surface area contributed by atoms with Gasteiger partial charge in [-0.15, -0.1) is 0 Å². The maximum atomic E-state index is 7.03. The molecule has 0 unspecified atom stereocenters. The van der Waals surface area contributed by atoms with Crippen molar-refractivity contribution in [3.8, 4) is 84.4 Å². The smallest absolute Gasteiger partial charge is 0.167 e. The van der Waals surface area contributed by atoms with E-state index < -0.39 is 0 Å². The quantitative estimate of drug-likeness (QED) is 0.152. The number of rotatable bonds is 8. The number of hydrogen-bond donors (Lipinski definition) is 0. The number of fused-ring (bicyclic) bond motifs is 9. The molecular formula is C69H42N4O2. The van der Waals surface area contributed by atoms with Crippen molar-refractivity contribution in [2.75, 3.05) is 0 Å². The van der Waals surface area contributed by atoms with E-state index in [0.717, 1.165) is 111 Å². The topological polar surface area (TPSA) is 69.9 Å². The SMILES string of the molecule is c1ccc(-c2ccc(-c3nc(-c4ccccc4)nc(-c4cccc5c4oc4c(-c6cccc(-c7ccc8oc9ccc(-n%10c%11ccccc%11c%11cc(-c%12ccccc%12)ccc%11%10)cc9c8c7)c6)cccc45)n3)cc2)cc1. The van der Waals surface area contributed by atoms with Gasteiger partial charge in [-0.1, -0.05) is 194 Å². The summed E-state index contributed by atoms with van der Waals surface area (Å²) in [4.78, 5) is 15.3. The van der Waals surface area contributed by atoms with E-state index in [4.69, 9.17) is 23.8 Å². The molecule has 0 aliphatic carbocycles. The minimum Gasteiger partial charge on any atom is -0.456 e. The van der Waals surface area contributed by atoms with Gasteiger partial charge in [-0.2, -0.15) is 0 Å². The van der Waals surface area contributed by atoms with Crippen LogP contribution in [0.5, 0.6) is 0 Å². The van der Waals surface area contributed by atoms with Crippen LogP contribution in [0.2, 0.25) is 0 Å². The van der Waals surface area contributed by atoms with E-state index in [9.17, 15) is 0 Å². The second kappa shape index (κ2) is 17.3. The molecule has 4 heterocycles. The average Bonchev–Trinajstić information content (AvgIpc) is 4.21. The van der Waals surface area contributed by atoms with Crippen molar-refractivity contribution in [3.63, 3.8) is 0 Å². The molecule has 0 fully saturated rings. The summed E-state index contributed by atoms with van der Waals surface area (Å²) in [5.74, 6) is 1.73. The summed E-state index contributed by atoms with van der Waals surface area (Å²) in [5, 5.41) is 6.59. The Hall–Kier alpha value is -10.2. The van der Waals surface area contributed by atoms with E-state index in [1.54, 1.807) is 0 Å². The molecule has 15 aromatic rings. The molecule has 0 amide bonds. The summed E-state index contributed by atoms with van der Waals surface area (Å²) < 4.78 is 15.9. The zero-order chi connectivity index (χ0) is 49.4. The Morgan fingerprint density at radius 1 is 0.253 bits per heavy atom. The van der Waals surface area contributed by atoms with E-state index in [-0.39, 0.29) is 0 Å². The second-order valence-corrected chi connectivity index (χ2v) is 19.1. The summed E-state index contributed by atoms with van der Waals surface area (Å²) in [6, 6.07) is 89.3. The van der Waals surface area contributed by atoms with Gasteiger partial charge in [0.05, 0.1) is 16.6 Å². The Labute approximate surface area is 431 Å². The maximum Gasteiger partial charge on any atom is 0.167 e. The zero-order valence-corrected chi connectivity index (χ0v) is 40.4. The van der Waals surface area contributed by atoms with Crippen molar-refractivity contribution in [3.05, 3.63) is 255 Å². The van der Waals surface area contributed by atoms with Crippen molar-refractivity contribution >= 4 is 65.7 Å². The van der Waals surface area contributed by atoms with Gasteiger partial charge in [0.15, 0.2) is 17.5 Å². The fraction of sp³-hybridized carbons (Fsp3) is 0. The maximum absolute atomic E-state index is 7.03. The normalized spacial score (nSPS) is 11.7. The molecule has 15 rings (SSSR count). The number of para-hydroxylation sites is 3. The van der Waals surface area contributed by atoms with Crippen LogP contribution in [0.15, 0.2) is 264 Å². The fourth-order valence-corrected chi connectivity index (χ4v) is 11.0. The number of aromatic nitrogens is 4. The van der Waals surface area contributed by atoms with Crippen LogP contribution in [0.1, 0.15) is 0 Å². The van der Waals surface area contributed by atoms with Gasteiger partial charge in [0.1, 0.15) is 22.3 Å². The van der Waals surface area contributed by atoms with Crippen LogP contribution in [0.3, 0.4) is 0 Å². The third-order valence-electron chi connectivity index (χ3n) is 14.7. The third-order valence-corrected chi connectivity index (χ3v) is 14.7. The highest BCUT2D eigenvalue weighted by Crippen LogP contribution is 2.42. The Balaban J connectivity index is 0.809. The van der Waals surface area contributed by atoms with E-state index >= 15 is 0 Å². The van der Waals surface area contributed by atoms with Crippen molar-refractivity contribution in [1.29, 1.82) is 0 Å². The summed E-state index contributed by atoms with van der Waals surface area (Å²) in [6.07, 6.45) is 0. The van der Waals surface area contributed by atoms with Gasteiger partial charge in [-0.25, -0.2) is 15.0 Å². The number of hydrogen-bond acceptors (Lipinski definition) is 5. The molecule has 0 N–H and O–H groups in total. The molecule has 11 aromatic carbocycles. The number of benzene rings is 11. The largest absolute Gasteiger partial charge is 0.456 e. The minimum atomic E-state index is 0.543. The molecule has 0 saturated carbocycles. The van der Waals surface area contributed by atoms with Crippen LogP contribution >= 0.6 is 0 Å².